The van der Waals surface area contributed by atoms with Gasteiger partial charge in [-0.05, 0) is 12.8 Å². The van der Waals surface area contributed by atoms with Crippen molar-refractivity contribution in [1.29, 1.82) is 0 Å². The Morgan fingerprint density at radius 3 is 3.09 bits per heavy atom. The summed E-state index contributed by atoms with van der Waals surface area (Å²) in [6.07, 6.45) is 5.53. The van der Waals surface area contributed by atoms with Crippen LogP contribution in [0.15, 0.2) is 24.7 Å². The third kappa shape index (κ3) is 3.58. The second-order valence-corrected chi connectivity index (χ2v) is 5.30. The monoisotopic (exact) mass is 315 g/mol. The number of hydrogen-bond acceptors (Lipinski definition) is 8. The topological polar surface area (TPSA) is 88.1 Å². The molecule has 1 fully saturated rings. The predicted molar refractivity (Wildman–Crippen MR) is 89.0 cm³/mol. The molecule has 1 atom stereocenters. The first kappa shape index (κ1) is 15.3. The Bertz CT molecular complexity index is 651. The molecule has 0 bridgehead atoms. The van der Waals surface area contributed by atoms with Crippen LogP contribution in [0.2, 0.25) is 0 Å². The second-order valence-electron chi connectivity index (χ2n) is 5.30. The summed E-state index contributed by atoms with van der Waals surface area (Å²) in [7, 11) is 3.45. The average Bonchev–Trinajstić information content (AvgIpc) is 3.09. The highest BCUT2D eigenvalue weighted by Gasteiger charge is 2.26. The smallest absolute Gasteiger partial charge is 0.226 e. The Labute approximate surface area is 135 Å². The predicted octanol–water partition coefficient (Wildman–Crippen LogP) is 1.40. The minimum absolute atomic E-state index is 0.351. The van der Waals surface area contributed by atoms with E-state index >= 15 is 0 Å². The van der Waals surface area contributed by atoms with Crippen molar-refractivity contribution < 1.29 is 4.74 Å². The molecule has 1 aliphatic rings. The van der Waals surface area contributed by atoms with Crippen molar-refractivity contribution in [3.05, 3.63) is 24.7 Å². The lowest BCUT2D eigenvalue weighted by Gasteiger charge is -2.26. The van der Waals surface area contributed by atoms with E-state index in [9.17, 15) is 0 Å². The first-order valence-corrected chi connectivity index (χ1v) is 7.67. The molecule has 0 radical (unpaired) electrons. The lowest BCUT2D eigenvalue weighted by atomic mass is 10.2. The van der Waals surface area contributed by atoms with Crippen molar-refractivity contribution in [1.82, 2.24) is 19.9 Å². The molecule has 8 nitrogen and oxygen atoms in total. The van der Waals surface area contributed by atoms with Gasteiger partial charge in [0, 0.05) is 44.5 Å². The number of anilines is 3. The van der Waals surface area contributed by atoms with Crippen molar-refractivity contribution in [3.63, 3.8) is 0 Å². The summed E-state index contributed by atoms with van der Waals surface area (Å²) in [5.41, 5.74) is 0. The Balaban J connectivity index is 1.66. The van der Waals surface area contributed by atoms with E-state index in [1.54, 1.807) is 25.7 Å². The molecule has 0 aliphatic carbocycles. The van der Waals surface area contributed by atoms with E-state index in [0.717, 1.165) is 37.6 Å². The van der Waals surface area contributed by atoms with Gasteiger partial charge >= 0.3 is 0 Å². The van der Waals surface area contributed by atoms with E-state index in [-0.39, 0.29) is 0 Å². The van der Waals surface area contributed by atoms with E-state index in [2.05, 4.69) is 35.5 Å². The van der Waals surface area contributed by atoms with Crippen LogP contribution in [0, 0.1) is 0 Å². The van der Waals surface area contributed by atoms with Gasteiger partial charge in [-0.2, -0.15) is 4.98 Å². The van der Waals surface area contributed by atoms with Crippen molar-refractivity contribution in [3.8, 4) is 5.88 Å². The van der Waals surface area contributed by atoms with Crippen LogP contribution in [0.4, 0.5) is 17.6 Å². The van der Waals surface area contributed by atoms with Crippen LogP contribution < -0.4 is 20.3 Å². The van der Waals surface area contributed by atoms with Gasteiger partial charge in [0.2, 0.25) is 11.8 Å². The molecule has 0 saturated carbocycles. The van der Waals surface area contributed by atoms with Crippen molar-refractivity contribution in [2.75, 3.05) is 42.8 Å². The SMILES string of the molecule is CNc1cc(N2CCC[C@H]2CNc2nccc(OC)n2)ncn1. The summed E-state index contributed by atoms with van der Waals surface area (Å²) >= 11 is 0. The number of rotatable bonds is 6. The number of hydrogen-bond donors (Lipinski definition) is 2. The van der Waals surface area contributed by atoms with Crippen LogP contribution in [0.5, 0.6) is 5.88 Å². The number of nitrogens with one attached hydrogen (secondary N) is 2. The van der Waals surface area contributed by atoms with Gasteiger partial charge in [-0.15, -0.1) is 0 Å². The summed E-state index contributed by atoms with van der Waals surface area (Å²) in [6, 6.07) is 4.05. The molecular formula is C15H21N7O. The van der Waals surface area contributed by atoms with E-state index in [0.29, 0.717) is 17.9 Å². The summed E-state index contributed by atoms with van der Waals surface area (Å²) in [6.45, 7) is 1.75. The molecule has 122 valence electrons. The van der Waals surface area contributed by atoms with Crippen molar-refractivity contribution >= 4 is 17.6 Å². The van der Waals surface area contributed by atoms with Gasteiger partial charge in [0.25, 0.3) is 0 Å². The molecule has 2 aromatic heterocycles. The molecule has 0 spiro atoms. The summed E-state index contributed by atoms with van der Waals surface area (Å²) in [5.74, 6) is 2.90. The van der Waals surface area contributed by atoms with Gasteiger partial charge in [-0.1, -0.05) is 0 Å². The Hall–Kier alpha value is -2.64. The van der Waals surface area contributed by atoms with Crippen LogP contribution in [-0.4, -0.2) is 53.2 Å². The van der Waals surface area contributed by atoms with E-state index in [4.69, 9.17) is 4.74 Å². The number of methoxy groups -OCH3 is 1. The minimum Gasteiger partial charge on any atom is -0.481 e. The third-order valence-electron chi connectivity index (χ3n) is 3.92. The lowest BCUT2D eigenvalue weighted by molar-refractivity contribution is 0.397. The van der Waals surface area contributed by atoms with Gasteiger partial charge in [0.15, 0.2) is 0 Å². The van der Waals surface area contributed by atoms with E-state index < -0.39 is 0 Å². The molecule has 0 aromatic carbocycles. The molecule has 3 heterocycles. The molecule has 0 amide bonds. The fourth-order valence-corrected chi connectivity index (χ4v) is 2.74. The Kier molecular flexibility index (Phi) is 4.70. The van der Waals surface area contributed by atoms with Gasteiger partial charge in [-0.25, -0.2) is 15.0 Å². The fourth-order valence-electron chi connectivity index (χ4n) is 2.74. The summed E-state index contributed by atoms with van der Waals surface area (Å²) in [4.78, 5) is 19.4. The molecule has 8 heteroatoms. The molecule has 3 rings (SSSR count). The third-order valence-corrected chi connectivity index (χ3v) is 3.92. The van der Waals surface area contributed by atoms with E-state index in [1.165, 1.54) is 0 Å². The van der Waals surface area contributed by atoms with Crippen LogP contribution in [-0.2, 0) is 0 Å². The van der Waals surface area contributed by atoms with Crippen LogP contribution in [0.1, 0.15) is 12.8 Å². The molecule has 23 heavy (non-hydrogen) atoms. The first-order chi connectivity index (χ1) is 11.3. The highest BCUT2D eigenvalue weighted by atomic mass is 16.5. The largest absolute Gasteiger partial charge is 0.481 e. The van der Waals surface area contributed by atoms with Crippen molar-refractivity contribution in [2.24, 2.45) is 0 Å². The zero-order chi connectivity index (χ0) is 16.1. The van der Waals surface area contributed by atoms with Crippen LogP contribution >= 0.6 is 0 Å². The molecule has 1 aliphatic heterocycles. The standard InChI is InChI=1S/C15H21N7O/c1-16-12-8-13(20-10-19-12)22-7-3-4-11(22)9-18-15-17-6-5-14(21-15)23-2/h5-6,8,10-11H,3-4,7,9H2,1-2H3,(H,16,19,20)(H,17,18,21)/t11-/m0/s1. The first-order valence-electron chi connectivity index (χ1n) is 7.67. The lowest BCUT2D eigenvalue weighted by Crippen LogP contribution is -2.35. The number of ether oxygens (including phenoxy) is 1. The maximum absolute atomic E-state index is 5.12. The fraction of sp³-hybridized carbons (Fsp3) is 0.467. The summed E-state index contributed by atoms with van der Waals surface area (Å²) < 4.78 is 5.12. The van der Waals surface area contributed by atoms with Gasteiger partial charge in [0.05, 0.1) is 7.11 Å². The summed E-state index contributed by atoms with van der Waals surface area (Å²) in [5, 5.41) is 6.34. The van der Waals surface area contributed by atoms with Gasteiger partial charge < -0.3 is 20.3 Å². The van der Waals surface area contributed by atoms with E-state index in [1.807, 2.05) is 13.1 Å². The molecule has 0 unspecified atom stereocenters. The highest BCUT2D eigenvalue weighted by molar-refractivity contribution is 5.49. The maximum atomic E-state index is 5.12. The molecule has 1 saturated heterocycles. The maximum Gasteiger partial charge on any atom is 0.226 e. The second kappa shape index (κ2) is 7.08. The molecular weight excluding hydrogens is 294 g/mol. The van der Waals surface area contributed by atoms with Gasteiger partial charge in [-0.3, -0.25) is 0 Å². The zero-order valence-corrected chi connectivity index (χ0v) is 13.4. The normalized spacial score (nSPS) is 17.1. The average molecular weight is 315 g/mol. The molecule has 2 aromatic rings. The number of aromatic nitrogens is 4. The van der Waals surface area contributed by atoms with Gasteiger partial charge in [0.1, 0.15) is 18.0 Å². The highest BCUT2D eigenvalue weighted by Crippen LogP contribution is 2.25. The van der Waals surface area contributed by atoms with Crippen LogP contribution in [0.3, 0.4) is 0 Å². The molecule has 2 N–H and O–H groups in total. The quantitative estimate of drug-likeness (QED) is 0.827. The zero-order valence-electron chi connectivity index (χ0n) is 13.4. The number of nitrogens with zero attached hydrogens (tertiary/aromatic N) is 5. The van der Waals surface area contributed by atoms with Crippen LogP contribution in [0.25, 0.3) is 0 Å². The minimum atomic E-state index is 0.351. The Morgan fingerprint density at radius 2 is 2.26 bits per heavy atom. The van der Waals surface area contributed by atoms with Crippen molar-refractivity contribution in [2.45, 2.75) is 18.9 Å². The Morgan fingerprint density at radius 1 is 1.35 bits per heavy atom.